The molecule has 3 aromatic rings. The van der Waals surface area contributed by atoms with Crippen LogP contribution in [0.1, 0.15) is 31.7 Å². The molecule has 2 atom stereocenters. The van der Waals surface area contributed by atoms with Crippen LogP contribution in [0.4, 0.5) is 5.82 Å². The molecule has 0 radical (unpaired) electrons. The van der Waals surface area contributed by atoms with Gasteiger partial charge in [0, 0.05) is 12.4 Å². The highest BCUT2D eigenvalue weighted by atomic mass is 15.3. The van der Waals surface area contributed by atoms with E-state index in [-0.39, 0.29) is 0 Å². The van der Waals surface area contributed by atoms with Crippen LogP contribution in [0.5, 0.6) is 0 Å². The largest absolute Gasteiger partial charge is 0.363 e. The lowest BCUT2D eigenvalue weighted by Gasteiger charge is -2.32. The zero-order valence-corrected chi connectivity index (χ0v) is 11.6. The van der Waals surface area contributed by atoms with Crippen molar-refractivity contribution in [2.75, 3.05) is 5.32 Å². The average Bonchev–Trinajstić information content (AvgIpc) is 3.20. The maximum Gasteiger partial charge on any atom is 0.182 e. The maximum absolute atomic E-state index is 4.41. The zero-order chi connectivity index (χ0) is 14.1. The molecule has 3 heterocycles. The molecular weight excluding hydrogens is 266 g/mol. The molecule has 0 aromatic carbocycles. The standard InChI is InChI=1S/C14H17N7/c1-2-5-11(21-7-3-6-19-21)10(4-1)20-14-12-13(16-8-15-12)17-9-18-14/h3,6-11H,1-2,4-5H2,(H2,15,16,17,18,20)/t10-,11+/m0/s1. The summed E-state index contributed by atoms with van der Waals surface area (Å²) in [6.45, 7) is 0. The number of rotatable bonds is 3. The second-order valence-corrected chi connectivity index (χ2v) is 5.41. The van der Waals surface area contributed by atoms with Crippen molar-refractivity contribution in [2.45, 2.75) is 37.8 Å². The van der Waals surface area contributed by atoms with Crippen LogP contribution in [0.3, 0.4) is 0 Å². The van der Waals surface area contributed by atoms with Gasteiger partial charge < -0.3 is 10.3 Å². The topological polar surface area (TPSA) is 84.3 Å². The Morgan fingerprint density at radius 2 is 2.14 bits per heavy atom. The monoisotopic (exact) mass is 283 g/mol. The second-order valence-electron chi connectivity index (χ2n) is 5.41. The van der Waals surface area contributed by atoms with Crippen LogP contribution < -0.4 is 5.32 Å². The van der Waals surface area contributed by atoms with Gasteiger partial charge in [-0.2, -0.15) is 5.10 Å². The SMILES string of the molecule is c1cnn([C@@H]2CCCC[C@@H]2Nc2ncnc3nc[nH]c23)c1. The lowest BCUT2D eigenvalue weighted by molar-refractivity contribution is 0.301. The van der Waals surface area contributed by atoms with Crippen LogP contribution in [0.15, 0.2) is 31.1 Å². The Morgan fingerprint density at radius 3 is 3.05 bits per heavy atom. The molecule has 0 aliphatic heterocycles. The number of aromatic nitrogens is 6. The van der Waals surface area contributed by atoms with Crippen molar-refractivity contribution in [3.8, 4) is 0 Å². The third-order valence-corrected chi connectivity index (χ3v) is 4.14. The van der Waals surface area contributed by atoms with E-state index in [2.05, 4.69) is 35.0 Å². The molecule has 1 aliphatic carbocycles. The number of hydrogen-bond donors (Lipinski definition) is 2. The maximum atomic E-state index is 4.41. The quantitative estimate of drug-likeness (QED) is 0.769. The molecule has 108 valence electrons. The van der Waals surface area contributed by atoms with E-state index in [4.69, 9.17) is 0 Å². The molecule has 0 spiro atoms. The highest BCUT2D eigenvalue weighted by Gasteiger charge is 2.27. The minimum atomic E-state index is 0.319. The molecule has 0 saturated heterocycles. The molecule has 1 aliphatic rings. The summed E-state index contributed by atoms with van der Waals surface area (Å²) in [5.74, 6) is 0.821. The summed E-state index contributed by atoms with van der Waals surface area (Å²) in [6.07, 6.45) is 11.8. The van der Waals surface area contributed by atoms with E-state index < -0.39 is 0 Å². The van der Waals surface area contributed by atoms with E-state index in [1.54, 1.807) is 12.7 Å². The number of imidazole rings is 1. The van der Waals surface area contributed by atoms with Crippen molar-refractivity contribution >= 4 is 17.0 Å². The summed E-state index contributed by atoms with van der Waals surface area (Å²) in [5.41, 5.74) is 1.56. The normalized spacial score (nSPS) is 22.5. The Labute approximate surface area is 121 Å². The molecule has 0 unspecified atom stereocenters. The van der Waals surface area contributed by atoms with Crippen molar-refractivity contribution in [1.82, 2.24) is 29.7 Å². The first-order valence-corrected chi connectivity index (χ1v) is 7.31. The number of anilines is 1. The molecular formula is C14H17N7. The number of hydrogen-bond acceptors (Lipinski definition) is 5. The molecule has 21 heavy (non-hydrogen) atoms. The van der Waals surface area contributed by atoms with Gasteiger partial charge in [-0.1, -0.05) is 12.8 Å². The first-order chi connectivity index (χ1) is 10.4. The van der Waals surface area contributed by atoms with Gasteiger partial charge in [0.15, 0.2) is 11.5 Å². The smallest absolute Gasteiger partial charge is 0.182 e. The van der Waals surface area contributed by atoms with E-state index in [0.717, 1.165) is 24.2 Å². The summed E-state index contributed by atoms with van der Waals surface area (Å²) in [6, 6.07) is 2.66. The first-order valence-electron chi connectivity index (χ1n) is 7.31. The fraction of sp³-hybridized carbons (Fsp3) is 0.429. The second kappa shape index (κ2) is 5.16. The number of nitrogens with one attached hydrogen (secondary N) is 2. The van der Waals surface area contributed by atoms with Gasteiger partial charge in [0.1, 0.15) is 11.8 Å². The summed E-state index contributed by atoms with van der Waals surface area (Å²) in [5, 5.41) is 7.97. The van der Waals surface area contributed by atoms with E-state index in [9.17, 15) is 0 Å². The fourth-order valence-corrected chi connectivity index (χ4v) is 3.12. The molecule has 0 amide bonds. The van der Waals surface area contributed by atoms with Crippen LogP contribution >= 0.6 is 0 Å². The minimum absolute atomic E-state index is 0.319. The van der Waals surface area contributed by atoms with E-state index in [1.165, 1.54) is 12.8 Å². The van der Waals surface area contributed by atoms with Crippen LogP contribution in [-0.2, 0) is 0 Å². The third-order valence-electron chi connectivity index (χ3n) is 4.14. The Hall–Kier alpha value is -2.44. The number of nitrogens with zero attached hydrogens (tertiary/aromatic N) is 5. The molecule has 4 rings (SSSR count). The Morgan fingerprint density at radius 1 is 1.19 bits per heavy atom. The molecule has 3 aromatic heterocycles. The Balaban J connectivity index is 1.64. The predicted molar refractivity (Wildman–Crippen MR) is 78.8 cm³/mol. The van der Waals surface area contributed by atoms with Gasteiger partial charge in [-0.3, -0.25) is 4.68 Å². The third kappa shape index (κ3) is 2.24. The van der Waals surface area contributed by atoms with Crippen molar-refractivity contribution in [2.24, 2.45) is 0 Å². The van der Waals surface area contributed by atoms with Crippen LogP contribution in [0, 0.1) is 0 Å². The van der Waals surface area contributed by atoms with Gasteiger partial charge >= 0.3 is 0 Å². The predicted octanol–water partition coefficient (Wildman–Crippen LogP) is 2.15. The van der Waals surface area contributed by atoms with Gasteiger partial charge in [-0.15, -0.1) is 0 Å². The summed E-state index contributed by atoms with van der Waals surface area (Å²) < 4.78 is 2.06. The highest BCUT2D eigenvalue weighted by Crippen LogP contribution is 2.31. The lowest BCUT2D eigenvalue weighted by atomic mass is 9.90. The van der Waals surface area contributed by atoms with Crippen LogP contribution in [0.2, 0.25) is 0 Å². The zero-order valence-electron chi connectivity index (χ0n) is 11.6. The number of H-pyrrole nitrogens is 1. The van der Waals surface area contributed by atoms with E-state index >= 15 is 0 Å². The molecule has 1 saturated carbocycles. The minimum Gasteiger partial charge on any atom is -0.363 e. The average molecular weight is 283 g/mol. The van der Waals surface area contributed by atoms with Gasteiger partial charge in [0.05, 0.1) is 18.4 Å². The summed E-state index contributed by atoms with van der Waals surface area (Å²) in [7, 11) is 0. The molecule has 7 nitrogen and oxygen atoms in total. The Kier molecular flexibility index (Phi) is 3.02. The number of fused-ring (bicyclic) bond motifs is 1. The van der Waals surface area contributed by atoms with Gasteiger partial charge in [0.2, 0.25) is 0 Å². The van der Waals surface area contributed by atoms with Crippen LogP contribution in [0.25, 0.3) is 11.2 Å². The van der Waals surface area contributed by atoms with Crippen molar-refractivity contribution in [3.05, 3.63) is 31.1 Å². The number of aromatic amines is 1. The van der Waals surface area contributed by atoms with E-state index in [1.807, 2.05) is 18.5 Å². The lowest BCUT2D eigenvalue weighted by Crippen LogP contribution is -2.34. The van der Waals surface area contributed by atoms with Crippen LogP contribution in [-0.4, -0.2) is 35.8 Å². The Bertz CT molecular complexity index is 718. The molecule has 2 N–H and O–H groups in total. The van der Waals surface area contributed by atoms with Gasteiger partial charge in [0.25, 0.3) is 0 Å². The first kappa shape index (κ1) is 12.3. The van der Waals surface area contributed by atoms with Crippen molar-refractivity contribution in [1.29, 1.82) is 0 Å². The van der Waals surface area contributed by atoms with E-state index in [0.29, 0.717) is 17.7 Å². The van der Waals surface area contributed by atoms with Gasteiger partial charge in [-0.05, 0) is 18.9 Å². The highest BCUT2D eigenvalue weighted by molar-refractivity contribution is 5.82. The van der Waals surface area contributed by atoms with Gasteiger partial charge in [-0.25, -0.2) is 15.0 Å². The fourth-order valence-electron chi connectivity index (χ4n) is 3.12. The molecule has 7 heteroatoms. The van der Waals surface area contributed by atoms with Crippen molar-refractivity contribution in [3.63, 3.8) is 0 Å². The molecule has 1 fully saturated rings. The summed E-state index contributed by atoms with van der Waals surface area (Å²) in [4.78, 5) is 15.8. The molecule has 0 bridgehead atoms. The van der Waals surface area contributed by atoms with Crippen molar-refractivity contribution < 1.29 is 0 Å². The summed E-state index contributed by atoms with van der Waals surface area (Å²) >= 11 is 0.